The molecule has 0 radical (unpaired) electrons. The maximum atomic E-state index is 15.6. The molecule has 258 valence electrons. The van der Waals surface area contributed by atoms with E-state index in [1.165, 1.54) is 58.5 Å². The van der Waals surface area contributed by atoms with Crippen LogP contribution in [0.15, 0.2) is 90.1 Å². The Hall–Kier alpha value is -5.60. The summed E-state index contributed by atoms with van der Waals surface area (Å²) in [6.45, 7) is 0.477. The van der Waals surface area contributed by atoms with E-state index in [-0.39, 0.29) is 36.4 Å². The summed E-state index contributed by atoms with van der Waals surface area (Å²) in [7, 11) is 0. The lowest BCUT2D eigenvalue weighted by atomic mass is 10.0. The number of nitrogens with zero attached hydrogens (tertiary/aromatic N) is 4. The van der Waals surface area contributed by atoms with Gasteiger partial charge < -0.3 is 15.2 Å². The largest absolute Gasteiger partial charge is 0.484 e. The summed E-state index contributed by atoms with van der Waals surface area (Å²) in [5, 5.41) is 0. The van der Waals surface area contributed by atoms with Gasteiger partial charge in [-0.2, -0.15) is 0 Å². The van der Waals surface area contributed by atoms with Crippen molar-refractivity contribution in [2.24, 2.45) is 5.73 Å². The molecule has 2 aliphatic heterocycles. The van der Waals surface area contributed by atoms with Crippen molar-refractivity contribution < 1.29 is 31.8 Å². The number of hydrogen-bond acceptors (Lipinski definition) is 8. The second-order valence-electron chi connectivity index (χ2n) is 12.5. The normalized spacial score (nSPS) is 16.7. The zero-order valence-corrected chi connectivity index (χ0v) is 27.4. The van der Waals surface area contributed by atoms with Gasteiger partial charge in [0.15, 0.2) is 11.6 Å². The number of carbonyl (C=O) groups is 1. The van der Waals surface area contributed by atoms with E-state index in [0.29, 0.717) is 51.6 Å². The topological polar surface area (TPSA) is 113 Å². The molecule has 0 saturated carbocycles. The highest BCUT2D eigenvalue weighted by Gasteiger charge is 2.38. The second-order valence-corrected chi connectivity index (χ2v) is 13.5. The van der Waals surface area contributed by atoms with E-state index in [2.05, 4.69) is 9.97 Å². The fraction of sp³-hybridized carbons (Fsp3) is 0.189. The molecule has 0 spiro atoms. The van der Waals surface area contributed by atoms with Crippen LogP contribution in [-0.2, 0) is 13.0 Å². The minimum absolute atomic E-state index is 0.0321. The van der Waals surface area contributed by atoms with Crippen LogP contribution in [0.2, 0.25) is 0 Å². The molecule has 0 bridgehead atoms. The SMILES string of the molecule is NC(=O)c1c2c(cn(-c3ccc(F)cc3)c1=O)CC(c1ccc(Oc3ccnc4cc(-c5ccc(CN6CCC(F)(F)C6)cn5)sc34)c(F)c1)O2. The number of rotatable bonds is 8. The standard InChI is InChI=1S/C37H27F4N5O4S/c38-23-3-5-24(6-4-23)46-18-22-14-30(50-33(22)32(35(42)47)36(46)48)21-2-8-28(25(39)13-21)49-29-9-11-43-27-15-31(51-34(27)29)26-7-1-20(16-44-26)17-45-12-10-37(40,41)19-45/h1-9,11,13,15-16,18,30H,10,12,14,17,19H2,(H2,42,47). The summed E-state index contributed by atoms with van der Waals surface area (Å²) < 4.78 is 70.2. The molecule has 0 aliphatic carbocycles. The fourth-order valence-corrected chi connectivity index (χ4v) is 7.46. The number of ether oxygens (including phenoxy) is 2. The average Bonchev–Trinajstić information content (AvgIpc) is 3.82. The monoisotopic (exact) mass is 713 g/mol. The molecule has 6 heterocycles. The number of likely N-dealkylation sites (tertiary alicyclic amines) is 1. The van der Waals surface area contributed by atoms with E-state index in [1.54, 1.807) is 29.4 Å². The summed E-state index contributed by atoms with van der Waals surface area (Å²) in [6.07, 6.45) is 4.10. The Morgan fingerprint density at radius 2 is 1.86 bits per heavy atom. The lowest BCUT2D eigenvalue weighted by Gasteiger charge is -2.15. The van der Waals surface area contributed by atoms with E-state index in [9.17, 15) is 22.8 Å². The van der Waals surface area contributed by atoms with Crippen molar-refractivity contribution in [3.63, 3.8) is 0 Å². The van der Waals surface area contributed by atoms with E-state index < -0.39 is 35.1 Å². The van der Waals surface area contributed by atoms with Crippen molar-refractivity contribution in [3.05, 3.63) is 130 Å². The van der Waals surface area contributed by atoms with Gasteiger partial charge in [0.1, 0.15) is 29.0 Å². The van der Waals surface area contributed by atoms with Crippen LogP contribution >= 0.6 is 11.3 Å². The summed E-state index contributed by atoms with van der Waals surface area (Å²) in [6, 6.07) is 16.8. The van der Waals surface area contributed by atoms with Crippen molar-refractivity contribution in [1.82, 2.24) is 19.4 Å². The molecule has 1 unspecified atom stereocenters. The van der Waals surface area contributed by atoms with Crippen LogP contribution in [0.3, 0.4) is 0 Å². The lowest BCUT2D eigenvalue weighted by Crippen LogP contribution is -2.29. The molecule has 2 aromatic carbocycles. The third-order valence-electron chi connectivity index (χ3n) is 8.91. The second kappa shape index (κ2) is 12.6. The molecule has 4 aromatic heterocycles. The number of halogens is 4. The van der Waals surface area contributed by atoms with E-state index in [0.717, 1.165) is 10.4 Å². The van der Waals surface area contributed by atoms with Crippen LogP contribution in [0.5, 0.6) is 17.2 Å². The Morgan fingerprint density at radius 3 is 2.57 bits per heavy atom. The number of aromatic nitrogens is 3. The maximum Gasteiger partial charge on any atom is 0.271 e. The average molecular weight is 714 g/mol. The molecule has 6 aromatic rings. The van der Waals surface area contributed by atoms with Gasteiger partial charge in [-0.1, -0.05) is 12.1 Å². The zero-order valence-electron chi connectivity index (χ0n) is 26.6. The van der Waals surface area contributed by atoms with Crippen molar-refractivity contribution in [3.8, 4) is 33.5 Å². The number of fused-ring (bicyclic) bond motifs is 2. The third kappa shape index (κ3) is 6.32. The molecule has 1 fully saturated rings. The van der Waals surface area contributed by atoms with Gasteiger partial charge in [-0.15, -0.1) is 11.3 Å². The Labute approximate surface area is 291 Å². The number of nitrogens with two attached hydrogens (primary N) is 1. The Balaban J connectivity index is 1.01. The van der Waals surface area contributed by atoms with Crippen LogP contribution in [0, 0.1) is 11.6 Å². The number of hydrogen-bond donors (Lipinski definition) is 1. The van der Waals surface area contributed by atoms with Gasteiger partial charge in [0.2, 0.25) is 0 Å². The van der Waals surface area contributed by atoms with E-state index in [1.807, 2.05) is 18.2 Å². The van der Waals surface area contributed by atoms with Crippen LogP contribution in [-0.4, -0.2) is 44.4 Å². The first kappa shape index (κ1) is 32.6. The molecule has 14 heteroatoms. The lowest BCUT2D eigenvalue weighted by molar-refractivity contribution is 0.0115. The summed E-state index contributed by atoms with van der Waals surface area (Å²) in [5.74, 6) is -4.41. The van der Waals surface area contributed by atoms with Crippen molar-refractivity contribution in [2.45, 2.75) is 31.4 Å². The van der Waals surface area contributed by atoms with Crippen LogP contribution in [0.25, 0.3) is 26.5 Å². The number of pyridine rings is 3. The first-order valence-electron chi connectivity index (χ1n) is 15.9. The number of benzene rings is 2. The predicted octanol–water partition coefficient (Wildman–Crippen LogP) is 7.20. The van der Waals surface area contributed by atoms with Gasteiger partial charge in [-0.25, -0.2) is 17.6 Å². The van der Waals surface area contributed by atoms with Gasteiger partial charge in [-0.3, -0.25) is 29.0 Å². The number of thiophene rings is 1. The molecule has 1 saturated heterocycles. The van der Waals surface area contributed by atoms with Gasteiger partial charge >= 0.3 is 0 Å². The van der Waals surface area contributed by atoms with Crippen LogP contribution < -0.4 is 20.8 Å². The molecule has 1 atom stereocenters. The van der Waals surface area contributed by atoms with Gasteiger partial charge in [-0.05, 0) is 59.7 Å². The van der Waals surface area contributed by atoms with Gasteiger partial charge in [0.25, 0.3) is 17.4 Å². The summed E-state index contributed by atoms with van der Waals surface area (Å²) in [5.41, 5.74) is 7.94. The van der Waals surface area contributed by atoms with Crippen LogP contribution in [0.1, 0.15) is 39.6 Å². The smallest absolute Gasteiger partial charge is 0.271 e. The Bertz CT molecular complexity index is 2380. The minimum Gasteiger partial charge on any atom is -0.484 e. The quantitative estimate of drug-likeness (QED) is 0.166. The first-order chi connectivity index (χ1) is 24.5. The highest BCUT2D eigenvalue weighted by Crippen LogP contribution is 2.42. The molecule has 1 amide bonds. The molecule has 8 rings (SSSR count). The fourth-order valence-electron chi connectivity index (χ4n) is 6.42. The number of primary amides is 1. The third-order valence-corrected chi connectivity index (χ3v) is 10.1. The van der Waals surface area contributed by atoms with Crippen molar-refractivity contribution in [1.29, 1.82) is 0 Å². The van der Waals surface area contributed by atoms with E-state index >= 15 is 4.39 Å². The number of carbonyl (C=O) groups excluding carboxylic acids is 1. The maximum absolute atomic E-state index is 15.6. The predicted molar refractivity (Wildman–Crippen MR) is 182 cm³/mol. The summed E-state index contributed by atoms with van der Waals surface area (Å²) in [4.78, 5) is 37.1. The van der Waals surface area contributed by atoms with Gasteiger partial charge in [0.05, 0.1) is 27.3 Å². The number of alkyl halides is 2. The highest BCUT2D eigenvalue weighted by molar-refractivity contribution is 7.22. The Morgan fingerprint density at radius 1 is 1.04 bits per heavy atom. The Kier molecular flexibility index (Phi) is 8.07. The van der Waals surface area contributed by atoms with Crippen molar-refractivity contribution >= 4 is 27.5 Å². The first-order valence-corrected chi connectivity index (χ1v) is 16.8. The van der Waals surface area contributed by atoms with E-state index in [4.69, 9.17) is 15.2 Å². The number of amides is 1. The van der Waals surface area contributed by atoms with Gasteiger partial charge in [0, 0.05) is 61.8 Å². The van der Waals surface area contributed by atoms with Crippen LogP contribution in [0.4, 0.5) is 17.6 Å². The molecule has 9 nitrogen and oxygen atoms in total. The summed E-state index contributed by atoms with van der Waals surface area (Å²) >= 11 is 1.38. The highest BCUT2D eigenvalue weighted by atomic mass is 32.1. The molecular weight excluding hydrogens is 686 g/mol. The molecule has 2 N–H and O–H groups in total. The molecule has 2 aliphatic rings. The molecular formula is C37H27F4N5O4S. The molecule has 51 heavy (non-hydrogen) atoms. The minimum atomic E-state index is -2.65. The van der Waals surface area contributed by atoms with Crippen molar-refractivity contribution in [2.75, 3.05) is 13.1 Å². The zero-order chi connectivity index (χ0) is 35.4.